The number of benzene rings is 2. The number of aliphatic hydroxyl groups excluding tert-OH is 1. The van der Waals surface area contributed by atoms with Crippen molar-refractivity contribution in [3.8, 4) is 17.2 Å². The van der Waals surface area contributed by atoms with E-state index < -0.39 is 12.5 Å². The van der Waals surface area contributed by atoms with E-state index in [1.54, 1.807) is 0 Å². The van der Waals surface area contributed by atoms with E-state index in [-0.39, 0.29) is 17.4 Å². The van der Waals surface area contributed by atoms with Gasteiger partial charge in [-0.3, -0.25) is 0 Å². The predicted molar refractivity (Wildman–Crippen MR) is 86.3 cm³/mol. The number of para-hydroxylation sites is 1. The fourth-order valence-electron chi connectivity index (χ4n) is 3.36. The van der Waals surface area contributed by atoms with Gasteiger partial charge in [0.15, 0.2) is 11.5 Å². The van der Waals surface area contributed by atoms with Crippen molar-refractivity contribution in [3.63, 3.8) is 0 Å². The van der Waals surface area contributed by atoms with E-state index in [0.717, 1.165) is 11.1 Å². The number of anilines is 1. The third-order valence-corrected chi connectivity index (χ3v) is 4.32. The summed E-state index contributed by atoms with van der Waals surface area (Å²) in [6.45, 7) is 2.40. The van der Waals surface area contributed by atoms with Crippen molar-refractivity contribution in [2.45, 2.75) is 31.8 Å². The molecule has 0 spiro atoms. The van der Waals surface area contributed by atoms with Crippen molar-refractivity contribution in [1.29, 1.82) is 0 Å². The molecule has 2 aromatic carbocycles. The zero-order valence-electron chi connectivity index (χ0n) is 13.5. The van der Waals surface area contributed by atoms with E-state index in [2.05, 4.69) is 14.8 Å². The molecule has 132 valence electrons. The first kappa shape index (κ1) is 16.0. The Bertz CT molecular complexity index is 812. The molecule has 2 heterocycles. The molecule has 0 fully saturated rings. The van der Waals surface area contributed by atoms with Crippen LogP contribution in [0.1, 0.15) is 30.4 Å². The molecule has 0 bridgehead atoms. The normalized spacial score (nSPS) is 22.9. The Morgan fingerprint density at radius 1 is 1.20 bits per heavy atom. The molecule has 2 atom stereocenters. The highest BCUT2D eigenvalue weighted by atomic mass is 19.3. The molecular formula is C18H17F2NO4. The number of hydrogen-bond acceptors (Lipinski definition) is 5. The van der Waals surface area contributed by atoms with Crippen molar-refractivity contribution in [2.75, 3.05) is 11.9 Å². The van der Waals surface area contributed by atoms with Gasteiger partial charge in [-0.15, -0.1) is 8.78 Å². The van der Waals surface area contributed by atoms with Gasteiger partial charge >= 0.3 is 6.29 Å². The average Bonchev–Trinajstić information content (AvgIpc) is 2.86. The van der Waals surface area contributed by atoms with Crippen LogP contribution < -0.4 is 19.5 Å². The van der Waals surface area contributed by atoms with E-state index in [0.29, 0.717) is 24.5 Å². The minimum Gasteiger partial charge on any atom is -0.494 e. The number of fused-ring (bicyclic) bond motifs is 2. The van der Waals surface area contributed by atoms with Gasteiger partial charge in [-0.25, -0.2) is 0 Å². The van der Waals surface area contributed by atoms with Crippen LogP contribution in [0.15, 0.2) is 36.4 Å². The van der Waals surface area contributed by atoms with Gasteiger partial charge in [0, 0.05) is 29.7 Å². The van der Waals surface area contributed by atoms with Crippen LogP contribution in [-0.4, -0.2) is 24.2 Å². The molecule has 2 aliphatic rings. The van der Waals surface area contributed by atoms with Crippen molar-refractivity contribution in [2.24, 2.45) is 0 Å². The first-order valence-electron chi connectivity index (χ1n) is 8.07. The summed E-state index contributed by atoms with van der Waals surface area (Å²) in [5.74, 6) is 0.415. The first-order valence-corrected chi connectivity index (χ1v) is 8.07. The second kappa shape index (κ2) is 5.77. The minimum absolute atomic E-state index is 0.0131. The van der Waals surface area contributed by atoms with E-state index in [9.17, 15) is 13.9 Å². The van der Waals surface area contributed by atoms with Crippen LogP contribution in [0.3, 0.4) is 0 Å². The predicted octanol–water partition coefficient (Wildman–Crippen LogP) is 3.67. The quantitative estimate of drug-likeness (QED) is 0.885. The molecule has 2 aromatic rings. The lowest BCUT2D eigenvalue weighted by Crippen LogP contribution is -2.28. The van der Waals surface area contributed by atoms with Crippen LogP contribution >= 0.6 is 0 Å². The second-order valence-electron chi connectivity index (χ2n) is 5.97. The summed E-state index contributed by atoms with van der Waals surface area (Å²) in [5.41, 5.74) is 2.17. The van der Waals surface area contributed by atoms with E-state index in [1.165, 1.54) is 12.1 Å². The highest BCUT2D eigenvalue weighted by molar-refractivity contribution is 5.66. The van der Waals surface area contributed by atoms with Crippen molar-refractivity contribution in [3.05, 3.63) is 47.5 Å². The van der Waals surface area contributed by atoms with Gasteiger partial charge in [-0.05, 0) is 24.6 Å². The third-order valence-electron chi connectivity index (χ3n) is 4.32. The van der Waals surface area contributed by atoms with Gasteiger partial charge in [0.2, 0.25) is 0 Å². The van der Waals surface area contributed by atoms with Crippen molar-refractivity contribution < 1.29 is 28.1 Å². The fraction of sp³-hybridized carbons (Fsp3) is 0.333. The lowest BCUT2D eigenvalue weighted by atomic mass is 9.83. The van der Waals surface area contributed by atoms with Crippen LogP contribution in [0.4, 0.5) is 14.5 Å². The highest BCUT2D eigenvalue weighted by Gasteiger charge is 2.44. The molecular weight excluding hydrogens is 332 g/mol. The maximum Gasteiger partial charge on any atom is 0.586 e. The molecule has 2 N–H and O–H groups in total. The van der Waals surface area contributed by atoms with Gasteiger partial charge < -0.3 is 24.6 Å². The number of rotatable bonds is 3. The molecule has 4 rings (SSSR count). The average molecular weight is 349 g/mol. The van der Waals surface area contributed by atoms with E-state index in [1.807, 2.05) is 31.2 Å². The van der Waals surface area contributed by atoms with Crippen molar-refractivity contribution >= 4 is 5.69 Å². The number of aliphatic hydroxyl groups is 1. The summed E-state index contributed by atoms with van der Waals surface area (Å²) < 4.78 is 41.5. The maximum atomic E-state index is 13.4. The van der Waals surface area contributed by atoms with Gasteiger partial charge in [-0.1, -0.05) is 18.2 Å². The summed E-state index contributed by atoms with van der Waals surface area (Å²) in [4.78, 5) is 0. The fourth-order valence-corrected chi connectivity index (χ4v) is 3.36. The lowest BCUT2D eigenvalue weighted by molar-refractivity contribution is -0.286. The molecule has 0 aliphatic carbocycles. The van der Waals surface area contributed by atoms with Gasteiger partial charge in [0.1, 0.15) is 12.0 Å². The molecule has 0 saturated carbocycles. The molecule has 0 amide bonds. The Kier molecular flexibility index (Phi) is 3.68. The summed E-state index contributed by atoms with van der Waals surface area (Å²) >= 11 is 0. The monoisotopic (exact) mass is 349 g/mol. The van der Waals surface area contributed by atoms with Crippen molar-refractivity contribution in [1.82, 2.24) is 0 Å². The largest absolute Gasteiger partial charge is 0.586 e. The Labute approximate surface area is 143 Å². The minimum atomic E-state index is -3.68. The number of hydrogen-bond donors (Lipinski definition) is 2. The Morgan fingerprint density at radius 2 is 1.92 bits per heavy atom. The number of ether oxygens (including phenoxy) is 3. The van der Waals surface area contributed by atoms with Crippen LogP contribution in [0.2, 0.25) is 0 Å². The van der Waals surface area contributed by atoms with Gasteiger partial charge in [0.25, 0.3) is 0 Å². The van der Waals surface area contributed by atoms with Gasteiger partial charge in [-0.2, -0.15) is 0 Å². The zero-order chi connectivity index (χ0) is 17.6. The Balaban J connectivity index is 1.81. The van der Waals surface area contributed by atoms with Crippen LogP contribution in [0.25, 0.3) is 0 Å². The van der Waals surface area contributed by atoms with Crippen LogP contribution in [-0.2, 0) is 0 Å². The number of halogens is 2. The highest BCUT2D eigenvalue weighted by Crippen LogP contribution is 2.49. The Morgan fingerprint density at radius 3 is 2.68 bits per heavy atom. The SMILES string of the molecule is CCOc1ccccc1C1CC(O)Nc2cc3c(cc21)OC(F)(F)O3. The second-order valence-corrected chi connectivity index (χ2v) is 5.97. The number of nitrogens with one attached hydrogen (secondary N) is 1. The lowest BCUT2D eigenvalue weighted by Gasteiger charge is -2.31. The molecule has 25 heavy (non-hydrogen) atoms. The summed E-state index contributed by atoms with van der Waals surface area (Å²) in [6.07, 6.45) is -4.11. The van der Waals surface area contributed by atoms with Crippen LogP contribution in [0.5, 0.6) is 17.2 Å². The molecule has 0 saturated heterocycles. The molecule has 0 aromatic heterocycles. The molecule has 2 unspecified atom stereocenters. The standard InChI is InChI=1S/C18H17F2NO4/c1-2-23-14-6-4-3-5-10(14)11-8-17(22)21-13-9-16-15(7-12(11)13)24-18(19,20)25-16/h3-7,9,11,17,21-22H,2,8H2,1H3. The smallest absolute Gasteiger partial charge is 0.494 e. The first-order chi connectivity index (χ1) is 12.0. The molecule has 7 heteroatoms. The van der Waals surface area contributed by atoms with E-state index >= 15 is 0 Å². The van der Waals surface area contributed by atoms with Gasteiger partial charge in [0.05, 0.1) is 6.61 Å². The summed E-state index contributed by atoms with van der Waals surface area (Å²) in [7, 11) is 0. The van der Waals surface area contributed by atoms with E-state index in [4.69, 9.17) is 4.74 Å². The zero-order valence-corrected chi connectivity index (χ0v) is 13.5. The summed E-state index contributed by atoms with van der Waals surface area (Å²) in [5, 5.41) is 13.1. The maximum absolute atomic E-state index is 13.4. The molecule has 2 aliphatic heterocycles. The molecule has 5 nitrogen and oxygen atoms in total. The van der Waals surface area contributed by atoms with Crippen LogP contribution in [0, 0.1) is 0 Å². The number of alkyl halides is 2. The topological polar surface area (TPSA) is 60.0 Å². The Hall–Kier alpha value is -2.54. The third kappa shape index (κ3) is 2.84. The molecule has 0 radical (unpaired) electrons. The summed E-state index contributed by atoms with van der Waals surface area (Å²) in [6, 6.07) is 10.5.